The van der Waals surface area contributed by atoms with E-state index in [2.05, 4.69) is 4.74 Å². The maximum atomic E-state index is 11.7. The molecule has 1 heterocycles. The molecule has 21 heavy (non-hydrogen) atoms. The molecule has 0 radical (unpaired) electrons. The first-order valence-electron chi connectivity index (χ1n) is 6.59. The Morgan fingerprint density at radius 3 is 2.71 bits per heavy atom. The largest absolute Gasteiger partial charge is 0.465 e. The Kier molecular flexibility index (Phi) is 4.13. The number of benzene rings is 1. The van der Waals surface area contributed by atoms with Gasteiger partial charge >= 0.3 is 5.97 Å². The number of carbonyl (C=O) groups excluding carboxylic acids is 1. The van der Waals surface area contributed by atoms with Gasteiger partial charge in [0.1, 0.15) is 0 Å². The monoisotopic (exact) mass is 294 g/mol. The molecular weight excluding hydrogens is 276 g/mol. The molecule has 7 nitrogen and oxygen atoms in total. The summed E-state index contributed by atoms with van der Waals surface area (Å²) in [4.78, 5) is 24.2. The second-order valence-electron chi connectivity index (χ2n) is 5.52. The summed E-state index contributed by atoms with van der Waals surface area (Å²) < 4.78 is 10.3. The lowest BCUT2D eigenvalue weighted by molar-refractivity contribution is -0.384. The lowest BCUT2D eigenvalue weighted by atomic mass is 10.1. The Morgan fingerprint density at radius 1 is 1.43 bits per heavy atom. The van der Waals surface area contributed by atoms with Gasteiger partial charge in [-0.25, -0.2) is 4.79 Å². The third-order valence-electron chi connectivity index (χ3n) is 3.33. The highest BCUT2D eigenvalue weighted by molar-refractivity contribution is 5.91. The number of rotatable bonds is 3. The van der Waals surface area contributed by atoms with Crippen molar-refractivity contribution in [1.29, 1.82) is 0 Å². The first-order valence-corrected chi connectivity index (χ1v) is 6.59. The topological polar surface area (TPSA) is 81.9 Å². The Morgan fingerprint density at radius 2 is 2.14 bits per heavy atom. The second-order valence-corrected chi connectivity index (χ2v) is 5.52. The smallest absolute Gasteiger partial charge is 0.338 e. The van der Waals surface area contributed by atoms with E-state index in [1.54, 1.807) is 6.07 Å². The molecule has 0 aliphatic carbocycles. The summed E-state index contributed by atoms with van der Waals surface area (Å²) in [5.74, 6) is -0.590. The van der Waals surface area contributed by atoms with Crippen molar-refractivity contribution in [3.05, 3.63) is 33.9 Å². The van der Waals surface area contributed by atoms with E-state index < -0.39 is 10.9 Å². The van der Waals surface area contributed by atoms with Gasteiger partial charge in [-0.15, -0.1) is 0 Å². The fraction of sp³-hybridized carbons (Fsp3) is 0.500. The van der Waals surface area contributed by atoms with Crippen molar-refractivity contribution in [3.63, 3.8) is 0 Å². The SMILES string of the molecule is COC(=O)c1cc(N2CCOC(C)(C)C2)cc([N+](=O)[O-])c1. The number of carbonyl (C=O) groups is 1. The Bertz CT molecular complexity index is 570. The predicted molar refractivity (Wildman–Crippen MR) is 76.7 cm³/mol. The summed E-state index contributed by atoms with van der Waals surface area (Å²) in [7, 11) is 1.25. The zero-order valence-electron chi connectivity index (χ0n) is 12.3. The van der Waals surface area contributed by atoms with Crippen molar-refractivity contribution in [2.45, 2.75) is 19.4 Å². The summed E-state index contributed by atoms with van der Waals surface area (Å²) in [6.45, 7) is 5.65. The summed E-state index contributed by atoms with van der Waals surface area (Å²) in [6, 6.07) is 4.30. The van der Waals surface area contributed by atoms with E-state index in [0.717, 1.165) is 0 Å². The van der Waals surface area contributed by atoms with E-state index in [9.17, 15) is 14.9 Å². The number of hydrogen-bond donors (Lipinski definition) is 0. The molecule has 1 saturated heterocycles. The molecule has 0 spiro atoms. The van der Waals surface area contributed by atoms with Crippen LogP contribution in [0.3, 0.4) is 0 Å². The van der Waals surface area contributed by atoms with Crippen LogP contribution in [0.15, 0.2) is 18.2 Å². The Balaban J connectivity index is 2.40. The van der Waals surface area contributed by atoms with Crippen molar-refractivity contribution in [3.8, 4) is 0 Å². The number of hydrogen-bond acceptors (Lipinski definition) is 6. The molecule has 1 fully saturated rings. The average molecular weight is 294 g/mol. The van der Waals surface area contributed by atoms with E-state index in [1.807, 2.05) is 18.7 Å². The van der Waals surface area contributed by atoms with Crippen LogP contribution in [0.5, 0.6) is 0 Å². The second kappa shape index (κ2) is 5.69. The van der Waals surface area contributed by atoms with Crippen LogP contribution in [0, 0.1) is 10.1 Å². The zero-order chi connectivity index (χ0) is 15.6. The summed E-state index contributed by atoms with van der Waals surface area (Å²) in [5.41, 5.74) is 0.332. The van der Waals surface area contributed by atoms with Crippen molar-refractivity contribution in [2.75, 3.05) is 31.7 Å². The van der Waals surface area contributed by atoms with Crippen LogP contribution in [0.25, 0.3) is 0 Å². The first-order chi connectivity index (χ1) is 9.82. The quantitative estimate of drug-likeness (QED) is 0.482. The van der Waals surface area contributed by atoms with Gasteiger partial charge in [-0.2, -0.15) is 0 Å². The van der Waals surface area contributed by atoms with Crippen molar-refractivity contribution >= 4 is 17.3 Å². The van der Waals surface area contributed by atoms with Gasteiger partial charge in [-0.05, 0) is 19.9 Å². The van der Waals surface area contributed by atoms with Gasteiger partial charge in [0.25, 0.3) is 5.69 Å². The van der Waals surface area contributed by atoms with Crippen molar-refractivity contribution < 1.29 is 19.2 Å². The number of methoxy groups -OCH3 is 1. The molecule has 7 heteroatoms. The normalized spacial score (nSPS) is 17.4. The highest BCUT2D eigenvalue weighted by atomic mass is 16.6. The molecule has 1 aliphatic heterocycles. The predicted octanol–water partition coefficient (Wildman–Crippen LogP) is 2.00. The number of morpholine rings is 1. The van der Waals surface area contributed by atoms with Gasteiger partial charge in [0, 0.05) is 30.9 Å². The maximum absolute atomic E-state index is 11.7. The number of esters is 1. The Labute approximate surface area is 122 Å². The molecule has 1 aromatic rings. The lowest BCUT2D eigenvalue weighted by Gasteiger charge is -2.39. The van der Waals surface area contributed by atoms with Crippen LogP contribution in [0.4, 0.5) is 11.4 Å². The van der Waals surface area contributed by atoms with Gasteiger partial charge in [-0.1, -0.05) is 0 Å². The van der Waals surface area contributed by atoms with Gasteiger partial charge in [0.15, 0.2) is 0 Å². The number of ether oxygens (including phenoxy) is 2. The number of nitro groups is 1. The van der Waals surface area contributed by atoms with Crippen LogP contribution in [0.2, 0.25) is 0 Å². The van der Waals surface area contributed by atoms with Gasteiger partial charge in [-0.3, -0.25) is 10.1 Å². The van der Waals surface area contributed by atoms with Crippen LogP contribution in [-0.2, 0) is 9.47 Å². The molecule has 0 bridgehead atoms. The molecule has 0 aromatic heterocycles. The number of nitrogens with zero attached hydrogens (tertiary/aromatic N) is 2. The van der Waals surface area contributed by atoms with E-state index >= 15 is 0 Å². The van der Waals surface area contributed by atoms with Crippen LogP contribution < -0.4 is 4.90 Å². The average Bonchev–Trinajstić information content (AvgIpc) is 2.44. The van der Waals surface area contributed by atoms with E-state index in [1.165, 1.54) is 19.2 Å². The molecule has 0 atom stereocenters. The third kappa shape index (κ3) is 3.49. The maximum Gasteiger partial charge on any atom is 0.338 e. The van der Waals surface area contributed by atoms with Crippen molar-refractivity contribution in [2.24, 2.45) is 0 Å². The summed E-state index contributed by atoms with van der Waals surface area (Å²) in [5, 5.41) is 11.0. The highest BCUT2D eigenvalue weighted by Crippen LogP contribution is 2.28. The van der Waals surface area contributed by atoms with Gasteiger partial charge < -0.3 is 14.4 Å². The van der Waals surface area contributed by atoms with E-state index in [0.29, 0.717) is 25.4 Å². The molecule has 2 rings (SSSR count). The van der Waals surface area contributed by atoms with Crippen molar-refractivity contribution in [1.82, 2.24) is 0 Å². The van der Waals surface area contributed by atoms with Crippen LogP contribution in [-0.4, -0.2) is 43.3 Å². The fourth-order valence-electron chi connectivity index (χ4n) is 2.36. The Hall–Kier alpha value is -2.15. The molecule has 1 aromatic carbocycles. The standard InChI is InChI=1S/C14H18N2O5/c1-14(2)9-15(4-5-21-14)11-6-10(13(17)20-3)7-12(8-11)16(18)19/h6-8H,4-5,9H2,1-3H3. The molecule has 0 amide bonds. The molecule has 1 aliphatic rings. The molecule has 0 unspecified atom stereocenters. The first kappa shape index (κ1) is 15.2. The van der Waals surface area contributed by atoms with Gasteiger partial charge in [0.2, 0.25) is 0 Å². The summed E-state index contributed by atoms with van der Waals surface area (Å²) in [6.07, 6.45) is 0. The minimum absolute atomic E-state index is 0.128. The molecule has 0 N–H and O–H groups in total. The molecular formula is C14H18N2O5. The van der Waals surface area contributed by atoms with E-state index in [4.69, 9.17) is 4.74 Å². The number of non-ortho nitro benzene ring substituents is 1. The van der Waals surface area contributed by atoms with Crippen LogP contribution in [0.1, 0.15) is 24.2 Å². The molecule has 0 saturated carbocycles. The number of anilines is 1. The van der Waals surface area contributed by atoms with E-state index in [-0.39, 0.29) is 16.9 Å². The van der Waals surface area contributed by atoms with Gasteiger partial charge in [0.05, 0.1) is 29.8 Å². The third-order valence-corrected chi connectivity index (χ3v) is 3.33. The molecule has 114 valence electrons. The minimum atomic E-state index is -0.590. The number of nitro benzene ring substituents is 1. The zero-order valence-corrected chi connectivity index (χ0v) is 12.3. The van der Waals surface area contributed by atoms with Crippen LogP contribution >= 0.6 is 0 Å². The lowest BCUT2D eigenvalue weighted by Crippen LogP contribution is -2.48. The fourth-order valence-corrected chi connectivity index (χ4v) is 2.36. The minimum Gasteiger partial charge on any atom is -0.465 e. The highest BCUT2D eigenvalue weighted by Gasteiger charge is 2.28. The summed E-state index contributed by atoms with van der Waals surface area (Å²) >= 11 is 0.